The van der Waals surface area contributed by atoms with Gasteiger partial charge in [0.2, 0.25) is 0 Å². The number of rotatable bonds is 4. The largest absolute Gasteiger partial charge is 0.393 e. The van der Waals surface area contributed by atoms with Gasteiger partial charge in [0.25, 0.3) is 5.91 Å². The van der Waals surface area contributed by atoms with E-state index in [9.17, 15) is 9.90 Å². The lowest BCUT2D eigenvalue weighted by Gasteiger charge is -2.21. The van der Waals surface area contributed by atoms with Crippen LogP contribution >= 0.6 is 0 Å². The van der Waals surface area contributed by atoms with Gasteiger partial charge in [0.15, 0.2) is 0 Å². The molecule has 0 spiro atoms. The molecule has 0 saturated heterocycles. The summed E-state index contributed by atoms with van der Waals surface area (Å²) in [6.45, 7) is 1.15. The fourth-order valence-electron chi connectivity index (χ4n) is 2.30. The van der Waals surface area contributed by atoms with Crippen molar-refractivity contribution in [3.8, 4) is 0 Å². The van der Waals surface area contributed by atoms with E-state index in [4.69, 9.17) is 5.11 Å². The van der Waals surface area contributed by atoms with Crippen LogP contribution in [0.3, 0.4) is 0 Å². The molecule has 1 aliphatic rings. The number of amides is 1. The van der Waals surface area contributed by atoms with Crippen molar-refractivity contribution in [3.05, 3.63) is 34.9 Å². The number of nitrogens with one attached hydrogen (secondary N) is 1. The van der Waals surface area contributed by atoms with Gasteiger partial charge >= 0.3 is 0 Å². The lowest BCUT2D eigenvalue weighted by atomic mass is 9.90. The van der Waals surface area contributed by atoms with E-state index in [1.165, 1.54) is 30.9 Å². The standard InChI is InChI=1S/C15H21NO3/c1-15(19,10-17)9-16-14(18)13-7-6-11-4-2-3-5-12(11)8-13/h6-8,17,19H,2-5,9-10H2,1H3,(H,16,18). The van der Waals surface area contributed by atoms with Crippen LogP contribution in [0.1, 0.15) is 41.3 Å². The summed E-state index contributed by atoms with van der Waals surface area (Å²) in [4.78, 5) is 12.0. The lowest BCUT2D eigenvalue weighted by molar-refractivity contribution is 0.00320. The Balaban J connectivity index is 2.03. The first-order chi connectivity index (χ1) is 9.02. The zero-order chi connectivity index (χ0) is 13.9. The third-order valence-electron chi connectivity index (χ3n) is 3.58. The molecule has 0 saturated carbocycles. The van der Waals surface area contributed by atoms with Gasteiger partial charge in [-0.2, -0.15) is 0 Å². The first-order valence-corrected chi connectivity index (χ1v) is 6.75. The molecule has 4 nitrogen and oxygen atoms in total. The maximum absolute atomic E-state index is 12.0. The van der Waals surface area contributed by atoms with E-state index < -0.39 is 5.60 Å². The lowest BCUT2D eigenvalue weighted by Crippen LogP contribution is -2.43. The average Bonchev–Trinajstić information content (AvgIpc) is 2.44. The van der Waals surface area contributed by atoms with E-state index in [2.05, 4.69) is 5.32 Å². The molecule has 1 atom stereocenters. The number of carbonyl (C=O) groups is 1. The Morgan fingerprint density at radius 3 is 2.68 bits per heavy atom. The molecule has 0 fully saturated rings. The first-order valence-electron chi connectivity index (χ1n) is 6.75. The van der Waals surface area contributed by atoms with E-state index in [0.717, 1.165) is 12.8 Å². The summed E-state index contributed by atoms with van der Waals surface area (Å²) in [6.07, 6.45) is 4.52. The molecule has 1 amide bonds. The Hall–Kier alpha value is -1.39. The molecule has 2 rings (SSSR count). The van der Waals surface area contributed by atoms with Gasteiger partial charge in [-0.05, 0) is 55.9 Å². The summed E-state index contributed by atoms with van der Waals surface area (Å²) in [7, 11) is 0. The van der Waals surface area contributed by atoms with Crippen molar-refractivity contribution in [1.29, 1.82) is 0 Å². The molecule has 3 N–H and O–H groups in total. The zero-order valence-electron chi connectivity index (χ0n) is 11.3. The highest BCUT2D eigenvalue weighted by molar-refractivity contribution is 5.94. The summed E-state index contributed by atoms with van der Waals surface area (Å²) in [6, 6.07) is 5.79. The number of benzene rings is 1. The van der Waals surface area contributed by atoms with Gasteiger partial charge in [-0.1, -0.05) is 6.07 Å². The molecule has 0 aliphatic heterocycles. The quantitative estimate of drug-likeness (QED) is 0.760. The maximum atomic E-state index is 12.0. The molecule has 4 heteroatoms. The van der Waals surface area contributed by atoms with Crippen LogP contribution in [0.4, 0.5) is 0 Å². The fourth-order valence-corrected chi connectivity index (χ4v) is 2.30. The van der Waals surface area contributed by atoms with Crippen LogP contribution in [-0.2, 0) is 12.8 Å². The Morgan fingerprint density at radius 1 is 1.32 bits per heavy atom. The summed E-state index contributed by atoms with van der Waals surface area (Å²) < 4.78 is 0. The van der Waals surface area contributed by atoms with Crippen LogP contribution in [0.25, 0.3) is 0 Å². The molecular formula is C15H21NO3. The molecule has 104 valence electrons. The van der Waals surface area contributed by atoms with E-state index in [-0.39, 0.29) is 19.1 Å². The molecule has 0 heterocycles. The van der Waals surface area contributed by atoms with Gasteiger partial charge in [0.05, 0.1) is 6.61 Å². The highest BCUT2D eigenvalue weighted by atomic mass is 16.3. The minimum absolute atomic E-state index is 0.0411. The van der Waals surface area contributed by atoms with Gasteiger partial charge in [-0.25, -0.2) is 0 Å². The number of hydrogen-bond acceptors (Lipinski definition) is 3. The SMILES string of the molecule is CC(O)(CO)CNC(=O)c1ccc2c(c1)CCCC2. The molecule has 19 heavy (non-hydrogen) atoms. The Morgan fingerprint density at radius 2 is 2.00 bits per heavy atom. The van der Waals surface area contributed by atoms with Gasteiger partial charge in [0, 0.05) is 12.1 Å². The van der Waals surface area contributed by atoms with E-state index in [0.29, 0.717) is 5.56 Å². The second-order valence-electron chi connectivity index (χ2n) is 5.53. The maximum Gasteiger partial charge on any atom is 0.251 e. The van der Waals surface area contributed by atoms with Crippen molar-refractivity contribution in [2.45, 2.75) is 38.2 Å². The normalized spacial score (nSPS) is 17.4. The number of hydrogen-bond donors (Lipinski definition) is 3. The molecule has 1 unspecified atom stereocenters. The van der Waals surface area contributed by atoms with Crippen molar-refractivity contribution in [3.63, 3.8) is 0 Å². The Labute approximate surface area is 113 Å². The highest BCUT2D eigenvalue weighted by Gasteiger charge is 2.20. The average molecular weight is 263 g/mol. The second kappa shape index (κ2) is 5.72. The fraction of sp³-hybridized carbons (Fsp3) is 0.533. The molecule has 1 aromatic carbocycles. The Bertz CT molecular complexity index is 468. The van der Waals surface area contributed by atoms with Crippen LogP contribution < -0.4 is 5.32 Å². The van der Waals surface area contributed by atoms with Crippen LogP contribution in [0.15, 0.2) is 18.2 Å². The van der Waals surface area contributed by atoms with Gasteiger partial charge < -0.3 is 15.5 Å². The van der Waals surface area contributed by atoms with Crippen molar-refractivity contribution >= 4 is 5.91 Å². The van der Waals surface area contributed by atoms with Crippen LogP contribution in [0.2, 0.25) is 0 Å². The van der Waals surface area contributed by atoms with Crippen molar-refractivity contribution < 1.29 is 15.0 Å². The van der Waals surface area contributed by atoms with Gasteiger partial charge in [-0.3, -0.25) is 4.79 Å². The minimum Gasteiger partial charge on any atom is -0.393 e. The van der Waals surface area contributed by atoms with E-state index in [1.54, 1.807) is 0 Å². The van der Waals surface area contributed by atoms with Crippen molar-refractivity contribution in [2.75, 3.05) is 13.2 Å². The van der Waals surface area contributed by atoms with Crippen molar-refractivity contribution in [1.82, 2.24) is 5.32 Å². The summed E-state index contributed by atoms with van der Waals surface area (Å²) in [5.41, 5.74) is 1.94. The minimum atomic E-state index is -1.27. The third kappa shape index (κ3) is 3.55. The summed E-state index contributed by atoms with van der Waals surface area (Å²) in [5, 5.41) is 21.2. The second-order valence-corrected chi connectivity index (χ2v) is 5.53. The van der Waals surface area contributed by atoms with E-state index >= 15 is 0 Å². The topological polar surface area (TPSA) is 69.6 Å². The van der Waals surface area contributed by atoms with Crippen LogP contribution in [0.5, 0.6) is 0 Å². The number of fused-ring (bicyclic) bond motifs is 1. The van der Waals surface area contributed by atoms with Gasteiger partial charge in [-0.15, -0.1) is 0 Å². The Kier molecular flexibility index (Phi) is 4.22. The smallest absolute Gasteiger partial charge is 0.251 e. The molecular weight excluding hydrogens is 242 g/mol. The summed E-state index contributed by atoms with van der Waals surface area (Å²) in [5.74, 6) is -0.206. The molecule has 0 radical (unpaired) electrons. The highest BCUT2D eigenvalue weighted by Crippen LogP contribution is 2.22. The van der Waals surface area contributed by atoms with Crippen LogP contribution in [0, 0.1) is 0 Å². The van der Waals surface area contributed by atoms with Gasteiger partial charge in [0.1, 0.15) is 5.60 Å². The van der Waals surface area contributed by atoms with E-state index in [1.807, 2.05) is 18.2 Å². The predicted molar refractivity (Wildman–Crippen MR) is 73.1 cm³/mol. The predicted octanol–water partition coefficient (Wildman–Crippen LogP) is 1.04. The van der Waals surface area contributed by atoms with Crippen LogP contribution in [-0.4, -0.2) is 34.9 Å². The summed E-state index contributed by atoms with van der Waals surface area (Å²) >= 11 is 0. The molecule has 0 aromatic heterocycles. The monoisotopic (exact) mass is 263 g/mol. The third-order valence-corrected chi connectivity index (χ3v) is 3.58. The number of carbonyl (C=O) groups excluding carboxylic acids is 1. The number of aliphatic hydroxyl groups excluding tert-OH is 1. The van der Waals surface area contributed by atoms with Crippen molar-refractivity contribution in [2.24, 2.45) is 0 Å². The zero-order valence-corrected chi connectivity index (χ0v) is 11.3. The number of aryl methyl sites for hydroxylation is 2. The first kappa shape index (κ1) is 14.0. The number of aliphatic hydroxyl groups is 2. The molecule has 1 aliphatic carbocycles. The molecule has 0 bridgehead atoms. The molecule has 1 aromatic rings.